The van der Waals surface area contributed by atoms with E-state index in [0.29, 0.717) is 6.42 Å². The Morgan fingerprint density at radius 3 is 2.90 bits per heavy atom. The molecule has 0 fully saturated rings. The van der Waals surface area contributed by atoms with Gasteiger partial charge in [-0.2, -0.15) is 0 Å². The van der Waals surface area contributed by atoms with Crippen molar-refractivity contribution >= 4 is 32.5 Å². The van der Waals surface area contributed by atoms with Crippen molar-refractivity contribution in [3.8, 4) is 0 Å². The Morgan fingerprint density at radius 2 is 2.24 bits per heavy atom. The molecule has 2 aromatic rings. The van der Waals surface area contributed by atoms with Gasteiger partial charge in [0.25, 0.3) is 5.69 Å². The number of benzene rings is 1. The third kappa shape index (κ3) is 3.77. The highest BCUT2D eigenvalue weighted by atomic mass is 79.9. The second kappa shape index (κ2) is 6.95. The summed E-state index contributed by atoms with van der Waals surface area (Å²) in [7, 11) is 0. The molecule has 5 nitrogen and oxygen atoms in total. The fourth-order valence-corrected chi connectivity index (χ4v) is 2.71. The minimum absolute atomic E-state index is 0.0887. The van der Waals surface area contributed by atoms with Gasteiger partial charge in [-0.3, -0.25) is 10.1 Å². The number of aromatic nitrogens is 1. The third-order valence-corrected chi connectivity index (χ3v) is 3.86. The first-order valence-corrected chi connectivity index (χ1v) is 7.77. The van der Waals surface area contributed by atoms with Crippen molar-refractivity contribution in [2.24, 2.45) is 0 Å². The summed E-state index contributed by atoms with van der Waals surface area (Å²) >= 11 is 3.42. The molecule has 0 aliphatic carbocycles. The van der Waals surface area contributed by atoms with E-state index >= 15 is 0 Å². The van der Waals surface area contributed by atoms with Gasteiger partial charge in [0.05, 0.1) is 10.4 Å². The number of hydrogen-bond donors (Lipinski definition) is 1. The van der Waals surface area contributed by atoms with Gasteiger partial charge in [-0.25, -0.2) is 4.98 Å². The van der Waals surface area contributed by atoms with Crippen LogP contribution in [0.15, 0.2) is 28.9 Å². The lowest BCUT2D eigenvalue weighted by atomic mass is 10.0. The Balaban J connectivity index is 2.48. The number of fused-ring (bicyclic) bond motifs is 1. The minimum Gasteiger partial charge on any atom is -0.314 e. The van der Waals surface area contributed by atoms with Crippen molar-refractivity contribution in [1.29, 1.82) is 0 Å². The van der Waals surface area contributed by atoms with Crippen LogP contribution >= 0.6 is 15.9 Å². The Labute approximate surface area is 132 Å². The molecule has 0 aliphatic rings. The summed E-state index contributed by atoms with van der Waals surface area (Å²) in [5.74, 6) is 0. The maximum Gasteiger partial charge on any atom is 0.291 e. The van der Waals surface area contributed by atoms with Gasteiger partial charge in [-0.15, -0.1) is 0 Å². The predicted molar refractivity (Wildman–Crippen MR) is 87.6 cm³/mol. The van der Waals surface area contributed by atoms with Gasteiger partial charge in [-0.1, -0.05) is 22.9 Å². The minimum atomic E-state index is -0.352. The maximum absolute atomic E-state index is 11.3. The lowest BCUT2D eigenvalue weighted by Crippen LogP contribution is -2.29. The van der Waals surface area contributed by atoms with Gasteiger partial charge in [0.2, 0.25) is 0 Å². The van der Waals surface area contributed by atoms with Gasteiger partial charge < -0.3 is 5.32 Å². The SMILES string of the molecule is CCCNC(C)Cc1c([N+](=O)[O-])cnc2ccc(Br)cc12. The molecule has 1 heterocycles. The summed E-state index contributed by atoms with van der Waals surface area (Å²) in [6, 6.07) is 5.84. The molecule has 1 atom stereocenters. The summed E-state index contributed by atoms with van der Waals surface area (Å²) in [5, 5.41) is 15.5. The summed E-state index contributed by atoms with van der Waals surface area (Å²) in [6.45, 7) is 5.05. The van der Waals surface area contributed by atoms with Crippen LogP contribution in [0.4, 0.5) is 5.69 Å². The van der Waals surface area contributed by atoms with Gasteiger partial charge >= 0.3 is 0 Å². The molecule has 2 rings (SSSR count). The molecule has 1 aromatic carbocycles. The predicted octanol–water partition coefficient (Wildman–Crippen LogP) is 3.84. The van der Waals surface area contributed by atoms with Crippen molar-refractivity contribution in [3.05, 3.63) is 44.5 Å². The van der Waals surface area contributed by atoms with Crippen molar-refractivity contribution in [2.75, 3.05) is 6.54 Å². The summed E-state index contributed by atoms with van der Waals surface area (Å²) < 4.78 is 0.896. The van der Waals surface area contributed by atoms with Crippen LogP contribution in [-0.2, 0) is 6.42 Å². The molecule has 6 heteroatoms. The Kier molecular flexibility index (Phi) is 5.25. The molecule has 0 bridgehead atoms. The van der Waals surface area contributed by atoms with Crippen molar-refractivity contribution < 1.29 is 4.92 Å². The topological polar surface area (TPSA) is 68.1 Å². The number of halogens is 1. The van der Waals surface area contributed by atoms with Crippen molar-refractivity contribution in [3.63, 3.8) is 0 Å². The van der Waals surface area contributed by atoms with Gasteiger partial charge in [-0.05, 0) is 44.5 Å². The fraction of sp³-hybridized carbons (Fsp3) is 0.400. The van der Waals surface area contributed by atoms with Gasteiger partial charge in [0.1, 0.15) is 6.20 Å². The number of nitro groups is 1. The van der Waals surface area contributed by atoms with E-state index < -0.39 is 0 Å². The van der Waals surface area contributed by atoms with E-state index in [0.717, 1.165) is 33.9 Å². The molecule has 21 heavy (non-hydrogen) atoms. The van der Waals surface area contributed by atoms with E-state index in [1.54, 1.807) is 0 Å². The van der Waals surface area contributed by atoms with Gasteiger partial charge in [0, 0.05) is 21.5 Å². The molecule has 1 unspecified atom stereocenters. The summed E-state index contributed by atoms with van der Waals surface area (Å²) in [4.78, 5) is 15.1. The van der Waals surface area contributed by atoms with Crippen molar-refractivity contribution in [2.45, 2.75) is 32.7 Å². The van der Waals surface area contributed by atoms with E-state index in [2.05, 4.69) is 33.2 Å². The van der Waals surface area contributed by atoms with Crippen LogP contribution in [0, 0.1) is 10.1 Å². The zero-order valence-corrected chi connectivity index (χ0v) is 13.7. The second-order valence-corrected chi connectivity index (χ2v) is 6.02. The molecule has 0 amide bonds. The van der Waals surface area contributed by atoms with E-state index in [-0.39, 0.29) is 16.7 Å². The Hall–Kier alpha value is -1.53. The quantitative estimate of drug-likeness (QED) is 0.634. The van der Waals surface area contributed by atoms with Crippen LogP contribution < -0.4 is 5.32 Å². The fourth-order valence-electron chi connectivity index (χ4n) is 2.35. The van der Waals surface area contributed by atoms with E-state index in [1.165, 1.54) is 6.20 Å². The molecule has 0 saturated carbocycles. The molecule has 0 aliphatic heterocycles. The van der Waals surface area contributed by atoms with E-state index in [4.69, 9.17) is 0 Å². The van der Waals surface area contributed by atoms with Crippen LogP contribution in [0.3, 0.4) is 0 Å². The monoisotopic (exact) mass is 351 g/mol. The second-order valence-electron chi connectivity index (χ2n) is 5.10. The maximum atomic E-state index is 11.3. The molecule has 1 N–H and O–H groups in total. The number of nitrogens with one attached hydrogen (secondary N) is 1. The first kappa shape index (κ1) is 15.9. The van der Waals surface area contributed by atoms with Crippen LogP contribution in [0.5, 0.6) is 0 Å². The highest BCUT2D eigenvalue weighted by Gasteiger charge is 2.20. The first-order chi connectivity index (χ1) is 10.0. The third-order valence-electron chi connectivity index (χ3n) is 3.37. The number of pyridine rings is 1. The Morgan fingerprint density at radius 1 is 1.48 bits per heavy atom. The molecular weight excluding hydrogens is 334 g/mol. The molecule has 1 aromatic heterocycles. The molecular formula is C15H18BrN3O2. The standard InChI is InChI=1S/C15H18BrN3O2/c1-3-6-17-10(2)7-13-12-8-11(16)4-5-14(12)18-9-15(13)19(20)21/h4-5,8-10,17H,3,6-7H2,1-2H3. The number of rotatable bonds is 6. The van der Waals surface area contributed by atoms with Crippen LogP contribution in [0.25, 0.3) is 10.9 Å². The zero-order valence-electron chi connectivity index (χ0n) is 12.1. The highest BCUT2D eigenvalue weighted by molar-refractivity contribution is 9.10. The van der Waals surface area contributed by atoms with Crippen LogP contribution in [0.1, 0.15) is 25.8 Å². The lowest BCUT2D eigenvalue weighted by Gasteiger charge is -2.15. The number of hydrogen-bond acceptors (Lipinski definition) is 4. The average molecular weight is 352 g/mol. The summed E-state index contributed by atoms with van der Waals surface area (Å²) in [6.07, 6.45) is 3.00. The number of nitrogens with zero attached hydrogens (tertiary/aromatic N) is 2. The molecule has 0 spiro atoms. The normalized spacial score (nSPS) is 12.5. The average Bonchev–Trinajstić information content (AvgIpc) is 2.45. The van der Waals surface area contributed by atoms with Crippen LogP contribution in [-0.4, -0.2) is 22.5 Å². The van der Waals surface area contributed by atoms with Gasteiger partial charge in [0.15, 0.2) is 0 Å². The van der Waals surface area contributed by atoms with E-state index in [1.807, 2.05) is 25.1 Å². The first-order valence-electron chi connectivity index (χ1n) is 6.97. The molecule has 0 radical (unpaired) electrons. The highest BCUT2D eigenvalue weighted by Crippen LogP contribution is 2.29. The summed E-state index contributed by atoms with van der Waals surface area (Å²) in [5.41, 5.74) is 1.61. The van der Waals surface area contributed by atoms with E-state index in [9.17, 15) is 10.1 Å². The molecule has 112 valence electrons. The van der Waals surface area contributed by atoms with Crippen LogP contribution in [0.2, 0.25) is 0 Å². The largest absolute Gasteiger partial charge is 0.314 e. The molecule has 0 saturated heterocycles. The van der Waals surface area contributed by atoms with Crippen molar-refractivity contribution in [1.82, 2.24) is 10.3 Å². The lowest BCUT2D eigenvalue weighted by molar-refractivity contribution is -0.385. The smallest absolute Gasteiger partial charge is 0.291 e. The Bertz CT molecular complexity index is 661. The zero-order chi connectivity index (χ0) is 15.4.